The number of rotatable bonds is 5. The van der Waals surface area contributed by atoms with Gasteiger partial charge in [-0.2, -0.15) is 0 Å². The first-order valence-electron chi connectivity index (χ1n) is 15.4. The van der Waals surface area contributed by atoms with Gasteiger partial charge in [0, 0.05) is 23.9 Å². The number of benzene rings is 6. The van der Waals surface area contributed by atoms with E-state index >= 15 is 0 Å². The third-order valence-corrected chi connectivity index (χ3v) is 8.53. The molecule has 0 aliphatic carbocycles. The Balaban J connectivity index is 1.51. The molecule has 1 aromatic heterocycles. The lowest BCUT2D eigenvalue weighted by molar-refractivity contribution is 0.475. The van der Waals surface area contributed by atoms with Crippen LogP contribution in [0.5, 0.6) is 11.5 Å². The van der Waals surface area contributed by atoms with E-state index in [-0.39, 0.29) is 6.04 Å². The van der Waals surface area contributed by atoms with Gasteiger partial charge in [0.15, 0.2) is 17.2 Å². The minimum Gasteiger partial charge on any atom is -0.452 e. The Bertz CT molecular complexity index is 2420. The summed E-state index contributed by atoms with van der Waals surface area (Å²) in [7, 11) is 1.76. The smallest absolute Gasteiger partial charge is 0.215 e. The Labute approximate surface area is 266 Å². The fraction of sp³-hybridized carbons (Fsp3) is 0.100. The normalized spacial score (nSPS) is 14.1. The fourth-order valence-electron chi connectivity index (χ4n) is 6.28. The molecular weight excluding hydrogens is 570 g/mol. The molecule has 0 saturated carbocycles. The third kappa shape index (κ3) is 4.66. The maximum Gasteiger partial charge on any atom is 0.215 e. The van der Waals surface area contributed by atoms with Gasteiger partial charge in [-0.15, -0.1) is 0 Å². The molecule has 2 heterocycles. The lowest BCUT2D eigenvalue weighted by Gasteiger charge is -2.22. The molecule has 6 nitrogen and oxygen atoms in total. The van der Waals surface area contributed by atoms with Gasteiger partial charge in [0.2, 0.25) is 5.58 Å². The van der Waals surface area contributed by atoms with Crippen LogP contribution in [0.1, 0.15) is 36.6 Å². The number of fused-ring (bicyclic) bond motifs is 7. The zero-order valence-electron chi connectivity index (χ0n) is 25.7. The first-order valence-corrected chi connectivity index (χ1v) is 15.4. The molecule has 1 atom stereocenters. The van der Waals surface area contributed by atoms with Crippen molar-refractivity contribution >= 4 is 61.1 Å². The topological polar surface area (TPSA) is 72.3 Å². The summed E-state index contributed by atoms with van der Waals surface area (Å²) in [6.45, 7) is 4.11. The average molecular weight is 602 g/mol. The van der Waals surface area contributed by atoms with Crippen molar-refractivity contribution in [1.29, 1.82) is 0 Å². The SMILES string of the molecule is CN=C1N=C(C)c2c1c(NC(C)c1ccccc1)c(Oc1ccc3ccccc3c1)c1oc3ccccc3c3ccccc3oc21. The van der Waals surface area contributed by atoms with Crippen molar-refractivity contribution in [2.24, 2.45) is 9.98 Å². The average Bonchev–Trinajstić information content (AvgIpc) is 3.43. The first-order chi connectivity index (χ1) is 22.6. The Hall–Kier alpha value is -5.88. The summed E-state index contributed by atoms with van der Waals surface area (Å²) in [4.78, 5) is 9.52. The van der Waals surface area contributed by atoms with Crippen LogP contribution in [0.4, 0.5) is 5.69 Å². The van der Waals surface area contributed by atoms with Gasteiger partial charge in [0.1, 0.15) is 16.9 Å². The third-order valence-electron chi connectivity index (χ3n) is 8.53. The van der Waals surface area contributed by atoms with Crippen LogP contribution >= 0.6 is 0 Å². The number of hydrogen-bond acceptors (Lipinski definition) is 5. The van der Waals surface area contributed by atoms with E-state index in [9.17, 15) is 0 Å². The summed E-state index contributed by atoms with van der Waals surface area (Å²) >= 11 is 0. The van der Waals surface area contributed by atoms with E-state index in [1.54, 1.807) is 7.05 Å². The first kappa shape index (κ1) is 27.7. The Morgan fingerprint density at radius 3 is 2.04 bits per heavy atom. The van der Waals surface area contributed by atoms with E-state index in [2.05, 4.69) is 47.6 Å². The van der Waals surface area contributed by atoms with Crippen molar-refractivity contribution in [1.82, 2.24) is 0 Å². The molecule has 0 fully saturated rings. The summed E-state index contributed by atoms with van der Waals surface area (Å²) in [6.07, 6.45) is 0. The van der Waals surface area contributed by atoms with Gasteiger partial charge in [-0.3, -0.25) is 4.99 Å². The number of hydrogen-bond donors (Lipinski definition) is 1. The molecule has 1 N–H and O–H groups in total. The second kappa shape index (κ2) is 11.2. The second-order valence-corrected chi connectivity index (χ2v) is 11.4. The van der Waals surface area contributed by atoms with Crippen LogP contribution in [0.25, 0.3) is 43.9 Å². The lowest BCUT2D eigenvalue weighted by atomic mass is 9.99. The summed E-state index contributed by atoms with van der Waals surface area (Å²) in [6, 6.07) is 40.6. The van der Waals surface area contributed by atoms with Gasteiger partial charge in [-0.1, -0.05) is 97.1 Å². The molecule has 6 heteroatoms. The molecule has 1 unspecified atom stereocenters. The number of nitrogens with zero attached hydrogens (tertiary/aromatic N) is 2. The molecule has 0 saturated heterocycles. The largest absolute Gasteiger partial charge is 0.452 e. The van der Waals surface area contributed by atoms with Crippen LogP contribution in [-0.2, 0) is 0 Å². The Morgan fingerprint density at radius 2 is 1.33 bits per heavy atom. The van der Waals surface area contributed by atoms with Gasteiger partial charge in [-0.05, 0) is 54.4 Å². The molecule has 0 amide bonds. The van der Waals surface area contributed by atoms with Crippen LogP contribution in [0, 0.1) is 0 Å². The minimum absolute atomic E-state index is 0.0798. The highest BCUT2D eigenvalue weighted by Crippen LogP contribution is 2.47. The van der Waals surface area contributed by atoms with Crippen LogP contribution in [-0.4, -0.2) is 18.6 Å². The standard InChI is InChI=1S/C40H31N3O3/c1-24(26-13-5-4-6-14-26)42-36-35-34(25(2)43-40(35)41-3)37-39(38(36)44-29-22-21-27-15-7-8-16-28(27)23-29)46-33-20-12-10-18-31(33)30-17-9-11-19-32(30)45-37/h4-24,42H,1-3H3. The van der Waals surface area contributed by atoms with E-state index in [0.717, 1.165) is 49.6 Å². The monoisotopic (exact) mass is 601 g/mol. The molecule has 46 heavy (non-hydrogen) atoms. The summed E-state index contributed by atoms with van der Waals surface area (Å²) in [5.74, 6) is 1.76. The molecule has 0 radical (unpaired) electrons. The highest BCUT2D eigenvalue weighted by Gasteiger charge is 2.33. The Morgan fingerprint density at radius 1 is 0.696 bits per heavy atom. The van der Waals surface area contributed by atoms with Crippen molar-refractivity contribution in [3.63, 3.8) is 0 Å². The van der Waals surface area contributed by atoms with Crippen molar-refractivity contribution in [3.8, 4) is 11.5 Å². The lowest BCUT2D eigenvalue weighted by Crippen LogP contribution is -2.12. The molecule has 0 spiro atoms. The zero-order valence-corrected chi connectivity index (χ0v) is 25.7. The molecule has 224 valence electrons. The van der Waals surface area contributed by atoms with E-state index in [0.29, 0.717) is 39.7 Å². The molecule has 0 bridgehead atoms. The molecule has 7 aromatic rings. The van der Waals surface area contributed by atoms with Crippen LogP contribution < -0.4 is 10.1 Å². The van der Waals surface area contributed by atoms with E-state index in [1.807, 2.05) is 97.9 Å². The number of ether oxygens (including phenoxy) is 1. The quantitative estimate of drug-likeness (QED) is 0.213. The van der Waals surface area contributed by atoms with Gasteiger partial charge in [0.25, 0.3) is 0 Å². The summed E-state index contributed by atoms with van der Waals surface area (Å²) < 4.78 is 20.7. The van der Waals surface area contributed by atoms with Crippen LogP contribution in [0.15, 0.2) is 140 Å². The van der Waals surface area contributed by atoms with Gasteiger partial charge in [0.05, 0.1) is 22.5 Å². The van der Waals surface area contributed by atoms with Crippen LogP contribution in [0.2, 0.25) is 0 Å². The highest BCUT2D eigenvalue weighted by atomic mass is 16.5. The van der Waals surface area contributed by atoms with Crippen molar-refractivity contribution < 1.29 is 13.6 Å². The Kier molecular flexibility index (Phi) is 6.76. The number of amidine groups is 1. The molecular formula is C40H31N3O3. The maximum absolute atomic E-state index is 6.93. The number of aliphatic imine (C=N–C) groups is 2. The van der Waals surface area contributed by atoms with Gasteiger partial charge in [-0.25, -0.2) is 4.99 Å². The number of para-hydroxylation sites is 2. The molecule has 1 aliphatic rings. The predicted octanol–water partition coefficient (Wildman–Crippen LogP) is 10.8. The molecule has 8 rings (SSSR count). The fourth-order valence-corrected chi connectivity index (χ4v) is 6.28. The van der Waals surface area contributed by atoms with E-state index < -0.39 is 0 Å². The van der Waals surface area contributed by atoms with Gasteiger partial charge < -0.3 is 18.9 Å². The summed E-state index contributed by atoms with van der Waals surface area (Å²) in [5, 5.41) is 7.85. The number of anilines is 1. The summed E-state index contributed by atoms with van der Waals surface area (Å²) in [5.41, 5.74) is 6.68. The van der Waals surface area contributed by atoms with Crippen LogP contribution in [0.3, 0.4) is 0 Å². The highest BCUT2D eigenvalue weighted by molar-refractivity contribution is 6.29. The minimum atomic E-state index is -0.0798. The van der Waals surface area contributed by atoms with E-state index in [1.165, 1.54) is 0 Å². The van der Waals surface area contributed by atoms with Gasteiger partial charge >= 0.3 is 0 Å². The zero-order chi connectivity index (χ0) is 31.2. The maximum atomic E-state index is 6.93. The van der Waals surface area contributed by atoms with E-state index in [4.69, 9.17) is 18.6 Å². The molecule has 6 aromatic carbocycles. The van der Waals surface area contributed by atoms with Crippen molar-refractivity contribution in [2.75, 3.05) is 12.4 Å². The number of nitrogens with one attached hydrogen (secondary N) is 1. The second-order valence-electron chi connectivity index (χ2n) is 11.4. The van der Waals surface area contributed by atoms with Crippen molar-refractivity contribution in [2.45, 2.75) is 19.9 Å². The predicted molar refractivity (Wildman–Crippen MR) is 188 cm³/mol. The molecule has 1 aliphatic heterocycles. The van der Waals surface area contributed by atoms with Crippen molar-refractivity contribution in [3.05, 3.63) is 138 Å².